The summed E-state index contributed by atoms with van der Waals surface area (Å²) in [5.74, 6) is 0.978. The van der Waals surface area contributed by atoms with Gasteiger partial charge in [0.2, 0.25) is 5.91 Å². The van der Waals surface area contributed by atoms with Crippen LogP contribution in [0.3, 0.4) is 0 Å². The summed E-state index contributed by atoms with van der Waals surface area (Å²) in [5, 5.41) is 0. The Balaban J connectivity index is 2.42. The van der Waals surface area contributed by atoms with Gasteiger partial charge >= 0.3 is 0 Å². The molecular formula is C11H20N2OS. The van der Waals surface area contributed by atoms with Gasteiger partial charge in [-0.2, -0.15) is 0 Å². The fourth-order valence-electron chi connectivity index (χ4n) is 1.98. The van der Waals surface area contributed by atoms with Crippen LogP contribution in [0.2, 0.25) is 0 Å². The van der Waals surface area contributed by atoms with E-state index in [1.165, 1.54) is 6.42 Å². The Bertz CT molecular complexity index is 243. The summed E-state index contributed by atoms with van der Waals surface area (Å²) in [4.78, 5) is 14.1. The molecule has 0 aromatic heterocycles. The second-order valence-electron chi connectivity index (χ2n) is 4.20. The molecule has 0 aromatic rings. The van der Waals surface area contributed by atoms with Crippen LogP contribution in [0.25, 0.3) is 0 Å². The highest BCUT2D eigenvalue weighted by Crippen LogP contribution is 2.20. The quantitative estimate of drug-likeness (QED) is 0.745. The molecular weight excluding hydrogens is 208 g/mol. The molecule has 1 fully saturated rings. The molecule has 15 heavy (non-hydrogen) atoms. The second-order valence-corrected chi connectivity index (χ2v) is 4.72. The molecule has 1 saturated heterocycles. The van der Waals surface area contributed by atoms with E-state index in [0.29, 0.717) is 30.3 Å². The van der Waals surface area contributed by atoms with Crippen molar-refractivity contribution in [2.45, 2.75) is 39.0 Å². The van der Waals surface area contributed by atoms with Crippen LogP contribution in [0.4, 0.5) is 0 Å². The van der Waals surface area contributed by atoms with Crippen molar-refractivity contribution in [2.24, 2.45) is 11.7 Å². The lowest BCUT2D eigenvalue weighted by Crippen LogP contribution is -2.33. The monoisotopic (exact) mass is 228 g/mol. The molecule has 1 unspecified atom stereocenters. The zero-order chi connectivity index (χ0) is 11.3. The Morgan fingerprint density at radius 1 is 1.60 bits per heavy atom. The highest BCUT2D eigenvalue weighted by Gasteiger charge is 2.20. The van der Waals surface area contributed by atoms with Crippen LogP contribution in [0.5, 0.6) is 0 Å². The topological polar surface area (TPSA) is 46.3 Å². The van der Waals surface area contributed by atoms with E-state index in [1.54, 1.807) is 0 Å². The summed E-state index contributed by atoms with van der Waals surface area (Å²) in [7, 11) is 0. The predicted molar refractivity (Wildman–Crippen MR) is 65.6 cm³/mol. The Labute approximate surface area is 97.0 Å². The molecule has 0 saturated carbocycles. The third kappa shape index (κ3) is 4.16. The minimum atomic E-state index is 0.266. The average molecular weight is 228 g/mol. The van der Waals surface area contributed by atoms with Gasteiger partial charge in [-0.1, -0.05) is 25.6 Å². The van der Waals surface area contributed by atoms with E-state index in [9.17, 15) is 4.79 Å². The van der Waals surface area contributed by atoms with Gasteiger partial charge in [0.15, 0.2) is 0 Å². The number of nitrogens with zero attached hydrogens (tertiary/aromatic N) is 1. The molecule has 0 spiro atoms. The van der Waals surface area contributed by atoms with Crippen molar-refractivity contribution in [3.05, 3.63) is 0 Å². The number of hydrogen-bond acceptors (Lipinski definition) is 2. The summed E-state index contributed by atoms with van der Waals surface area (Å²) in [6.07, 6.45) is 4.68. The minimum absolute atomic E-state index is 0.266. The van der Waals surface area contributed by atoms with Crippen LogP contribution in [0, 0.1) is 5.92 Å². The molecule has 1 atom stereocenters. The van der Waals surface area contributed by atoms with Crippen molar-refractivity contribution in [2.75, 3.05) is 13.1 Å². The van der Waals surface area contributed by atoms with Gasteiger partial charge in [0.25, 0.3) is 0 Å². The molecule has 0 bridgehead atoms. The minimum Gasteiger partial charge on any atom is -0.393 e. The van der Waals surface area contributed by atoms with E-state index in [1.807, 2.05) is 4.90 Å². The van der Waals surface area contributed by atoms with E-state index in [0.717, 1.165) is 19.4 Å². The third-order valence-corrected chi connectivity index (χ3v) is 3.34. The lowest BCUT2D eigenvalue weighted by atomic mass is 9.98. The molecule has 0 aromatic carbocycles. The number of amides is 1. The average Bonchev–Trinajstić information content (AvgIpc) is 2.37. The van der Waals surface area contributed by atoms with Gasteiger partial charge < -0.3 is 10.6 Å². The maximum atomic E-state index is 11.7. The van der Waals surface area contributed by atoms with E-state index in [-0.39, 0.29) is 5.91 Å². The van der Waals surface area contributed by atoms with Gasteiger partial charge in [-0.25, -0.2) is 0 Å². The molecule has 0 radical (unpaired) electrons. The normalized spacial score (nSPS) is 22.6. The summed E-state index contributed by atoms with van der Waals surface area (Å²) in [5.41, 5.74) is 5.44. The molecule has 3 nitrogen and oxygen atoms in total. The fourth-order valence-corrected chi connectivity index (χ4v) is 2.07. The molecule has 1 amide bonds. The number of carbonyl (C=O) groups is 1. The lowest BCUT2D eigenvalue weighted by molar-refractivity contribution is -0.130. The van der Waals surface area contributed by atoms with Crippen LogP contribution in [-0.4, -0.2) is 28.9 Å². The first-order chi connectivity index (χ1) is 7.13. The summed E-state index contributed by atoms with van der Waals surface area (Å²) < 4.78 is 0. The van der Waals surface area contributed by atoms with Crippen molar-refractivity contribution in [3.63, 3.8) is 0 Å². The van der Waals surface area contributed by atoms with Crippen molar-refractivity contribution in [1.82, 2.24) is 4.90 Å². The summed E-state index contributed by atoms with van der Waals surface area (Å²) >= 11 is 4.82. The summed E-state index contributed by atoms with van der Waals surface area (Å²) in [6.45, 7) is 3.77. The zero-order valence-corrected chi connectivity index (χ0v) is 10.2. The molecule has 1 aliphatic rings. The number of thiocarbonyl (C=S) groups is 1. The number of rotatable bonds is 4. The van der Waals surface area contributed by atoms with E-state index < -0.39 is 0 Å². The maximum Gasteiger partial charge on any atom is 0.222 e. The standard InChI is InChI=1S/C11H20N2OS/c1-2-9-3-4-11(14)13(7-5-9)8-6-10(12)15/h9H,2-8H2,1H3,(H2,12,15). The number of hydrogen-bond donors (Lipinski definition) is 1. The second kappa shape index (κ2) is 6.05. The van der Waals surface area contributed by atoms with Gasteiger partial charge in [0.1, 0.15) is 0 Å². The molecule has 1 aliphatic heterocycles. The van der Waals surface area contributed by atoms with Crippen molar-refractivity contribution < 1.29 is 4.79 Å². The van der Waals surface area contributed by atoms with Crippen molar-refractivity contribution in [1.29, 1.82) is 0 Å². The summed E-state index contributed by atoms with van der Waals surface area (Å²) in [6, 6.07) is 0. The molecule has 2 N–H and O–H groups in total. The van der Waals surface area contributed by atoms with Gasteiger partial charge in [-0.3, -0.25) is 4.79 Å². The largest absolute Gasteiger partial charge is 0.393 e. The molecule has 4 heteroatoms. The van der Waals surface area contributed by atoms with Gasteiger partial charge in [0.05, 0.1) is 4.99 Å². The van der Waals surface area contributed by atoms with Crippen LogP contribution in [0.15, 0.2) is 0 Å². The van der Waals surface area contributed by atoms with Gasteiger partial charge in [-0.05, 0) is 18.8 Å². The first-order valence-electron chi connectivity index (χ1n) is 5.69. The number of likely N-dealkylation sites (tertiary alicyclic amines) is 1. The van der Waals surface area contributed by atoms with Crippen LogP contribution < -0.4 is 5.73 Å². The maximum absolute atomic E-state index is 11.7. The van der Waals surface area contributed by atoms with Crippen molar-refractivity contribution in [3.8, 4) is 0 Å². The lowest BCUT2D eigenvalue weighted by Gasteiger charge is -2.20. The highest BCUT2D eigenvalue weighted by molar-refractivity contribution is 7.80. The first kappa shape index (κ1) is 12.4. The Morgan fingerprint density at radius 2 is 2.33 bits per heavy atom. The molecule has 86 valence electrons. The van der Waals surface area contributed by atoms with Crippen LogP contribution in [0.1, 0.15) is 39.0 Å². The Hall–Kier alpha value is -0.640. The fraction of sp³-hybridized carbons (Fsp3) is 0.818. The van der Waals surface area contributed by atoms with Crippen LogP contribution in [-0.2, 0) is 4.79 Å². The number of nitrogens with two attached hydrogens (primary N) is 1. The SMILES string of the molecule is CCC1CCC(=O)N(CCC(N)=S)CC1. The first-order valence-corrected chi connectivity index (χ1v) is 6.10. The Kier molecular flexibility index (Phi) is 5.02. The zero-order valence-electron chi connectivity index (χ0n) is 9.37. The predicted octanol–water partition coefficient (Wildman–Crippen LogP) is 1.70. The highest BCUT2D eigenvalue weighted by atomic mass is 32.1. The van der Waals surface area contributed by atoms with Gasteiger partial charge in [0, 0.05) is 25.9 Å². The molecule has 1 rings (SSSR count). The van der Waals surface area contributed by atoms with E-state index in [4.69, 9.17) is 18.0 Å². The molecule has 1 heterocycles. The van der Waals surface area contributed by atoms with E-state index >= 15 is 0 Å². The third-order valence-electron chi connectivity index (χ3n) is 3.13. The van der Waals surface area contributed by atoms with Crippen LogP contribution >= 0.6 is 12.2 Å². The Morgan fingerprint density at radius 3 is 2.93 bits per heavy atom. The van der Waals surface area contributed by atoms with E-state index in [2.05, 4.69) is 6.92 Å². The molecule has 0 aliphatic carbocycles. The van der Waals surface area contributed by atoms with Crippen molar-refractivity contribution >= 4 is 23.1 Å². The smallest absolute Gasteiger partial charge is 0.222 e. The number of carbonyl (C=O) groups excluding carboxylic acids is 1. The van der Waals surface area contributed by atoms with Gasteiger partial charge in [-0.15, -0.1) is 0 Å².